The van der Waals surface area contributed by atoms with Gasteiger partial charge in [-0.25, -0.2) is 4.98 Å². The van der Waals surface area contributed by atoms with Crippen molar-refractivity contribution in [3.8, 4) is 11.1 Å². The molecule has 0 radical (unpaired) electrons. The van der Waals surface area contributed by atoms with Crippen LogP contribution in [0.25, 0.3) is 27.7 Å². The Kier molecular flexibility index (Phi) is 5.54. The number of hydrogen-bond acceptors (Lipinski definition) is 6. The van der Waals surface area contributed by atoms with Crippen LogP contribution >= 0.6 is 15.9 Å². The van der Waals surface area contributed by atoms with Crippen molar-refractivity contribution in [1.82, 2.24) is 24.5 Å². The normalized spacial score (nSPS) is 15.9. The first-order valence-corrected chi connectivity index (χ1v) is 11.8. The van der Waals surface area contributed by atoms with E-state index < -0.39 is 6.10 Å². The highest BCUT2D eigenvalue weighted by Gasteiger charge is 2.29. The number of amides is 1. The third-order valence-corrected chi connectivity index (χ3v) is 7.16. The molecule has 4 aromatic rings. The van der Waals surface area contributed by atoms with Crippen LogP contribution in [-0.2, 0) is 4.79 Å². The Morgan fingerprint density at radius 1 is 1.24 bits per heavy atom. The molecule has 1 amide bonds. The van der Waals surface area contributed by atoms with Crippen LogP contribution in [0, 0.1) is 6.92 Å². The van der Waals surface area contributed by atoms with Crippen LogP contribution in [0.15, 0.2) is 41.1 Å². The Morgan fingerprint density at radius 3 is 2.73 bits per heavy atom. The fourth-order valence-electron chi connectivity index (χ4n) is 4.52. The van der Waals surface area contributed by atoms with Gasteiger partial charge in [-0.2, -0.15) is 9.61 Å². The molecule has 0 saturated carbocycles. The van der Waals surface area contributed by atoms with E-state index in [2.05, 4.69) is 51.1 Å². The minimum absolute atomic E-state index is 0.143. The molecular formula is C24H25BrN6O2. The van der Waals surface area contributed by atoms with Crippen molar-refractivity contribution in [3.63, 3.8) is 0 Å². The number of hydrogen-bond donors (Lipinski definition) is 2. The molecule has 1 aromatic carbocycles. The summed E-state index contributed by atoms with van der Waals surface area (Å²) in [7, 11) is 0. The number of nitrogens with zero attached hydrogens (tertiary/aromatic N) is 5. The average molecular weight is 509 g/mol. The van der Waals surface area contributed by atoms with Crippen molar-refractivity contribution in [2.24, 2.45) is 0 Å². The number of pyridine rings is 1. The predicted octanol–water partition coefficient (Wildman–Crippen LogP) is 3.68. The van der Waals surface area contributed by atoms with Crippen LogP contribution in [0.2, 0.25) is 0 Å². The van der Waals surface area contributed by atoms with Gasteiger partial charge < -0.3 is 15.7 Å². The molecular weight excluding hydrogens is 484 g/mol. The van der Waals surface area contributed by atoms with Crippen LogP contribution in [0.3, 0.4) is 0 Å². The zero-order chi connectivity index (χ0) is 23.3. The highest BCUT2D eigenvalue weighted by molar-refractivity contribution is 9.10. The Labute approximate surface area is 199 Å². The first-order valence-electron chi connectivity index (χ1n) is 11.0. The molecule has 8 nitrogen and oxygen atoms in total. The third kappa shape index (κ3) is 3.85. The van der Waals surface area contributed by atoms with Gasteiger partial charge in [-0.05, 0) is 60.8 Å². The number of piperidine rings is 1. The number of aryl methyl sites for hydroxylation is 1. The lowest BCUT2D eigenvalue weighted by Gasteiger charge is -2.33. The second-order valence-electron chi connectivity index (χ2n) is 8.69. The van der Waals surface area contributed by atoms with Crippen molar-refractivity contribution >= 4 is 44.2 Å². The molecule has 4 heterocycles. The van der Waals surface area contributed by atoms with Crippen molar-refractivity contribution in [2.75, 3.05) is 18.8 Å². The first-order chi connectivity index (χ1) is 15.8. The summed E-state index contributed by atoms with van der Waals surface area (Å²) in [5.41, 5.74) is 11.9. The maximum Gasteiger partial charge on any atom is 0.251 e. The Hall–Kier alpha value is -3.04. The van der Waals surface area contributed by atoms with Crippen molar-refractivity contribution < 1.29 is 9.90 Å². The highest BCUT2D eigenvalue weighted by Crippen LogP contribution is 2.37. The number of rotatable bonds is 3. The molecule has 1 fully saturated rings. The summed E-state index contributed by atoms with van der Waals surface area (Å²) in [4.78, 5) is 23.4. The van der Waals surface area contributed by atoms with Crippen LogP contribution in [0.5, 0.6) is 0 Å². The standard InChI is InChI=1S/C24H25BrN6O2/c1-13-3-4-19-16(9-13)10-17(11-27-19)18-12-28-31-22(26)20(25)21(29-23(18)31)15-5-7-30(8-6-15)24(33)14(2)32/h3-4,9-12,14-15,32H,5-8,26H2,1-2H3/t14-/m1/s1. The first kappa shape index (κ1) is 21.8. The summed E-state index contributed by atoms with van der Waals surface area (Å²) in [5.74, 6) is 0.408. The van der Waals surface area contributed by atoms with Gasteiger partial charge in [-0.15, -0.1) is 0 Å². The molecule has 9 heteroatoms. The SMILES string of the molecule is Cc1ccc2ncc(-c3cnn4c(N)c(Br)c(C5CCN(C(=O)[C@@H](C)O)CC5)nc34)cc2c1. The predicted molar refractivity (Wildman–Crippen MR) is 131 cm³/mol. The summed E-state index contributed by atoms with van der Waals surface area (Å²) >= 11 is 3.63. The third-order valence-electron chi connectivity index (χ3n) is 6.35. The number of benzene rings is 1. The molecule has 0 unspecified atom stereocenters. The number of carbonyl (C=O) groups is 1. The van der Waals surface area contributed by atoms with E-state index in [1.54, 1.807) is 15.6 Å². The van der Waals surface area contributed by atoms with E-state index in [0.29, 0.717) is 24.6 Å². The van der Waals surface area contributed by atoms with E-state index >= 15 is 0 Å². The number of fused-ring (bicyclic) bond motifs is 2. The summed E-state index contributed by atoms with van der Waals surface area (Å²) in [5, 5.41) is 15.2. The monoisotopic (exact) mass is 508 g/mol. The van der Waals surface area contributed by atoms with E-state index in [0.717, 1.165) is 45.0 Å². The van der Waals surface area contributed by atoms with E-state index in [9.17, 15) is 9.90 Å². The van der Waals surface area contributed by atoms with Crippen LogP contribution in [-0.4, -0.2) is 54.7 Å². The van der Waals surface area contributed by atoms with Crippen molar-refractivity contribution in [3.05, 3.63) is 52.4 Å². The number of aliphatic hydroxyl groups is 1. The topological polar surface area (TPSA) is 110 Å². The summed E-state index contributed by atoms with van der Waals surface area (Å²) in [6.07, 6.45) is 4.14. The van der Waals surface area contributed by atoms with Gasteiger partial charge in [0.1, 0.15) is 11.9 Å². The molecule has 33 heavy (non-hydrogen) atoms. The van der Waals surface area contributed by atoms with Crippen molar-refractivity contribution in [2.45, 2.75) is 38.7 Å². The number of carbonyl (C=O) groups excluding carboxylic acids is 1. The number of anilines is 1. The maximum absolute atomic E-state index is 12.1. The number of likely N-dealkylation sites (tertiary alicyclic amines) is 1. The van der Waals surface area contributed by atoms with Gasteiger partial charge in [0.25, 0.3) is 5.91 Å². The van der Waals surface area contributed by atoms with Crippen LogP contribution in [0.4, 0.5) is 5.82 Å². The van der Waals surface area contributed by atoms with Crippen LogP contribution in [0.1, 0.15) is 36.9 Å². The molecule has 0 aliphatic carbocycles. The van der Waals surface area contributed by atoms with Gasteiger partial charge in [0.15, 0.2) is 5.65 Å². The van der Waals surface area contributed by atoms with Crippen LogP contribution < -0.4 is 5.73 Å². The molecule has 1 aliphatic rings. The molecule has 3 N–H and O–H groups in total. The van der Waals surface area contributed by atoms with Gasteiger partial charge in [-0.1, -0.05) is 11.6 Å². The van der Waals surface area contributed by atoms with E-state index in [4.69, 9.17) is 10.7 Å². The molecule has 170 valence electrons. The molecule has 0 bridgehead atoms. The summed E-state index contributed by atoms with van der Waals surface area (Å²) in [6.45, 7) is 4.72. The molecule has 5 rings (SSSR count). The van der Waals surface area contributed by atoms with Gasteiger partial charge in [0.2, 0.25) is 0 Å². The number of nitrogens with two attached hydrogens (primary N) is 1. The van der Waals surface area contributed by atoms with Gasteiger partial charge in [0.05, 0.1) is 21.9 Å². The molecule has 1 saturated heterocycles. The number of aliphatic hydroxyl groups excluding tert-OH is 1. The average Bonchev–Trinajstić information content (AvgIpc) is 3.24. The minimum atomic E-state index is -0.980. The Bertz CT molecular complexity index is 1370. The van der Waals surface area contributed by atoms with E-state index in [1.165, 1.54) is 12.5 Å². The summed E-state index contributed by atoms with van der Waals surface area (Å²) in [6, 6.07) is 8.29. The molecule has 1 aliphatic heterocycles. The zero-order valence-corrected chi connectivity index (χ0v) is 20.1. The molecule has 0 spiro atoms. The lowest BCUT2D eigenvalue weighted by molar-refractivity contribution is -0.140. The lowest BCUT2D eigenvalue weighted by Crippen LogP contribution is -2.42. The highest BCUT2D eigenvalue weighted by atomic mass is 79.9. The van der Waals surface area contributed by atoms with E-state index in [-0.39, 0.29) is 11.8 Å². The van der Waals surface area contributed by atoms with Crippen molar-refractivity contribution in [1.29, 1.82) is 0 Å². The van der Waals surface area contributed by atoms with Gasteiger partial charge >= 0.3 is 0 Å². The fourth-order valence-corrected chi connectivity index (χ4v) is 5.10. The summed E-state index contributed by atoms with van der Waals surface area (Å²) < 4.78 is 2.38. The fraction of sp³-hybridized carbons (Fsp3) is 0.333. The second-order valence-corrected chi connectivity index (χ2v) is 9.48. The molecule has 1 atom stereocenters. The van der Waals surface area contributed by atoms with E-state index in [1.807, 2.05) is 12.3 Å². The van der Waals surface area contributed by atoms with Gasteiger partial charge in [0, 0.05) is 41.7 Å². The number of halogens is 1. The number of aromatic nitrogens is 4. The maximum atomic E-state index is 12.1. The van der Waals surface area contributed by atoms with Gasteiger partial charge in [-0.3, -0.25) is 9.78 Å². The Morgan fingerprint density at radius 2 is 2.00 bits per heavy atom. The minimum Gasteiger partial charge on any atom is -0.384 e. The lowest BCUT2D eigenvalue weighted by atomic mass is 9.93. The zero-order valence-electron chi connectivity index (χ0n) is 18.5. The smallest absolute Gasteiger partial charge is 0.251 e. The second kappa shape index (κ2) is 8.39. The molecule has 3 aromatic heterocycles. The number of nitrogen functional groups attached to an aromatic ring is 1. The quantitative estimate of drug-likeness (QED) is 0.436. The largest absolute Gasteiger partial charge is 0.384 e. The Balaban J connectivity index is 1.53.